The van der Waals surface area contributed by atoms with Gasteiger partial charge in [-0.25, -0.2) is 9.59 Å². The number of nitrogens with two attached hydrogens (primary N) is 2. The first-order chi connectivity index (χ1) is 12.0. The van der Waals surface area contributed by atoms with Crippen LogP contribution in [0.3, 0.4) is 0 Å². The van der Waals surface area contributed by atoms with Crippen LogP contribution in [0.2, 0.25) is 0 Å². The summed E-state index contributed by atoms with van der Waals surface area (Å²) in [5, 5.41) is 34.9. The molecule has 0 aliphatic heterocycles. The SMILES string of the molecule is NC1(C(=O)O)C=CC=CC1C(=O)O.NC1(C(=O)O)C=CC=CC1C(=O)O.[Zr]. The van der Waals surface area contributed by atoms with Gasteiger partial charge < -0.3 is 31.9 Å². The van der Waals surface area contributed by atoms with Gasteiger partial charge in [0.05, 0.1) is 0 Å². The minimum atomic E-state index is -1.83. The van der Waals surface area contributed by atoms with Crippen LogP contribution in [0, 0.1) is 11.8 Å². The van der Waals surface area contributed by atoms with E-state index in [9.17, 15) is 19.2 Å². The normalized spacial score (nSPS) is 30.4. The zero-order chi connectivity index (χ0) is 20.1. The van der Waals surface area contributed by atoms with E-state index in [4.69, 9.17) is 31.9 Å². The van der Waals surface area contributed by atoms with Gasteiger partial charge in [-0.3, -0.25) is 9.59 Å². The number of hydrogen-bond donors (Lipinski definition) is 6. The number of carbonyl (C=O) groups is 4. The molecule has 0 spiro atoms. The van der Waals surface area contributed by atoms with Crippen molar-refractivity contribution in [2.45, 2.75) is 11.1 Å². The Hall–Kier alpha value is -2.36. The number of carboxylic acid groups (broad SMARTS) is 4. The first-order valence-corrected chi connectivity index (χ1v) is 7.19. The van der Waals surface area contributed by atoms with Crippen molar-refractivity contribution in [3.05, 3.63) is 48.6 Å². The van der Waals surface area contributed by atoms with E-state index in [1.807, 2.05) is 0 Å². The molecule has 144 valence electrons. The zero-order valence-electron chi connectivity index (χ0n) is 13.9. The van der Waals surface area contributed by atoms with Crippen molar-refractivity contribution in [2.75, 3.05) is 0 Å². The van der Waals surface area contributed by atoms with Crippen LogP contribution in [0.25, 0.3) is 0 Å². The molecule has 0 radical (unpaired) electrons. The van der Waals surface area contributed by atoms with Crippen LogP contribution < -0.4 is 11.5 Å². The van der Waals surface area contributed by atoms with Crippen molar-refractivity contribution >= 4 is 23.9 Å². The second-order valence-electron chi connectivity index (χ2n) is 5.60. The summed E-state index contributed by atoms with van der Waals surface area (Å²) < 4.78 is 0. The van der Waals surface area contributed by atoms with Crippen molar-refractivity contribution in [1.82, 2.24) is 0 Å². The average Bonchev–Trinajstić information content (AvgIpc) is 2.55. The zero-order valence-corrected chi connectivity index (χ0v) is 16.3. The van der Waals surface area contributed by atoms with Crippen LogP contribution in [0.15, 0.2) is 48.6 Å². The van der Waals surface area contributed by atoms with Crippen molar-refractivity contribution in [1.29, 1.82) is 0 Å². The first kappa shape index (κ1) is 24.6. The monoisotopic (exact) mass is 456 g/mol. The van der Waals surface area contributed by atoms with Gasteiger partial charge in [-0.1, -0.05) is 48.6 Å². The molecule has 0 saturated heterocycles. The Balaban J connectivity index is 0.000000483. The standard InChI is InChI=1S/2C8H9NO4.Zr/c2*9-8(7(12)13)4-2-1-3-5(8)6(10)11;/h2*1-5H,9H2,(H,10,11)(H,12,13);. The van der Waals surface area contributed by atoms with E-state index in [-0.39, 0.29) is 26.2 Å². The Kier molecular flexibility index (Phi) is 8.71. The summed E-state index contributed by atoms with van der Waals surface area (Å²) in [5.74, 6) is -7.61. The van der Waals surface area contributed by atoms with Gasteiger partial charge in [0.25, 0.3) is 0 Å². The predicted molar refractivity (Wildman–Crippen MR) is 87.9 cm³/mol. The van der Waals surface area contributed by atoms with E-state index >= 15 is 0 Å². The van der Waals surface area contributed by atoms with Crippen molar-refractivity contribution in [3.63, 3.8) is 0 Å². The van der Waals surface area contributed by atoms with Crippen molar-refractivity contribution in [2.24, 2.45) is 23.3 Å². The van der Waals surface area contributed by atoms with Crippen LogP contribution >= 0.6 is 0 Å². The molecule has 27 heavy (non-hydrogen) atoms. The molecular formula is C16H18N2O8Zr. The molecule has 2 rings (SSSR count). The summed E-state index contributed by atoms with van der Waals surface area (Å²) in [7, 11) is 0. The molecule has 0 aromatic carbocycles. The molecule has 11 heteroatoms. The Morgan fingerprint density at radius 3 is 1.15 bits per heavy atom. The number of rotatable bonds is 4. The second kappa shape index (κ2) is 9.54. The van der Waals surface area contributed by atoms with E-state index in [0.717, 1.165) is 0 Å². The summed E-state index contributed by atoms with van der Waals surface area (Å²) in [5.41, 5.74) is 7.19. The second-order valence-corrected chi connectivity index (χ2v) is 5.60. The molecular weight excluding hydrogens is 439 g/mol. The molecule has 0 bridgehead atoms. The van der Waals surface area contributed by atoms with Gasteiger partial charge >= 0.3 is 23.9 Å². The molecule has 0 heterocycles. The maximum absolute atomic E-state index is 10.7. The summed E-state index contributed by atoms with van der Waals surface area (Å²) in [6.45, 7) is 0. The number of carboxylic acids is 4. The first-order valence-electron chi connectivity index (χ1n) is 7.19. The third-order valence-corrected chi connectivity index (χ3v) is 3.88. The minimum Gasteiger partial charge on any atom is -0.481 e. The Morgan fingerprint density at radius 2 is 0.963 bits per heavy atom. The van der Waals surface area contributed by atoms with Gasteiger partial charge in [0.2, 0.25) is 0 Å². The number of aliphatic carboxylic acids is 4. The maximum atomic E-state index is 10.7. The third kappa shape index (κ3) is 5.32. The molecule has 2 aliphatic carbocycles. The fourth-order valence-electron chi connectivity index (χ4n) is 2.29. The topological polar surface area (TPSA) is 201 Å². The molecule has 10 nitrogen and oxygen atoms in total. The molecule has 0 fully saturated rings. The molecule has 4 atom stereocenters. The molecule has 4 unspecified atom stereocenters. The molecule has 0 amide bonds. The number of allylic oxidation sites excluding steroid dienone is 4. The number of hydrogen-bond acceptors (Lipinski definition) is 6. The molecule has 0 aromatic rings. The van der Waals surface area contributed by atoms with Crippen LogP contribution in [0.1, 0.15) is 0 Å². The van der Waals surface area contributed by atoms with Gasteiger partial charge in [-0.2, -0.15) is 0 Å². The quantitative estimate of drug-likeness (QED) is 0.310. The van der Waals surface area contributed by atoms with E-state index < -0.39 is 46.8 Å². The average molecular weight is 458 g/mol. The van der Waals surface area contributed by atoms with Gasteiger partial charge in [0, 0.05) is 26.2 Å². The smallest absolute Gasteiger partial charge is 0.328 e. The van der Waals surface area contributed by atoms with Gasteiger partial charge in [0.1, 0.15) is 11.8 Å². The predicted octanol–water partition coefficient (Wildman–Crippen LogP) is -0.812. The maximum Gasteiger partial charge on any atom is 0.328 e. The fourth-order valence-corrected chi connectivity index (χ4v) is 2.29. The molecule has 2 aliphatic rings. The van der Waals surface area contributed by atoms with Gasteiger partial charge in [-0.15, -0.1) is 0 Å². The van der Waals surface area contributed by atoms with Crippen LogP contribution in [-0.2, 0) is 45.4 Å². The summed E-state index contributed by atoms with van der Waals surface area (Å²) in [4.78, 5) is 42.7. The van der Waals surface area contributed by atoms with Crippen LogP contribution in [0.5, 0.6) is 0 Å². The largest absolute Gasteiger partial charge is 0.481 e. The molecule has 8 N–H and O–H groups in total. The van der Waals surface area contributed by atoms with Crippen molar-refractivity contribution in [3.8, 4) is 0 Å². The minimum absolute atomic E-state index is 0. The van der Waals surface area contributed by atoms with Crippen molar-refractivity contribution < 1.29 is 65.8 Å². The van der Waals surface area contributed by atoms with Crippen LogP contribution in [0.4, 0.5) is 0 Å². The van der Waals surface area contributed by atoms with Gasteiger partial charge in [0.15, 0.2) is 11.1 Å². The Bertz CT molecular complexity index is 683. The summed E-state index contributed by atoms with van der Waals surface area (Å²) in [6.07, 6.45) is 10.6. The summed E-state index contributed by atoms with van der Waals surface area (Å²) >= 11 is 0. The van der Waals surface area contributed by atoms with Gasteiger partial charge in [-0.05, 0) is 0 Å². The van der Waals surface area contributed by atoms with E-state index in [1.54, 1.807) is 0 Å². The molecule has 0 aromatic heterocycles. The van der Waals surface area contributed by atoms with E-state index in [1.165, 1.54) is 48.6 Å². The fraction of sp³-hybridized carbons (Fsp3) is 0.250. The summed E-state index contributed by atoms with van der Waals surface area (Å²) in [6, 6.07) is 0. The van der Waals surface area contributed by atoms with E-state index in [2.05, 4.69) is 0 Å². The Labute approximate surface area is 172 Å². The third-order valence-electron chi connectivity index (χ3n) is 3.88. The molecule has 0 saturated carbocycles. The van der Waals surface area contributed by atoms with E-state index in [0.29, 0.717) is 0 Å². The Morgan fingerprint density at radius 1 is 0.667 bits per heavy atom. The van der Waals surface area contributed by atoms with Crippen LogP contribution in [-0.4, -0.2) is 55.4 Å².